The van der Waals surface area contributed by atoms with Gasteiger partial charge in [0.2, 0.25) is 0 Å². The summed E-state index contributed by atoms with van der Waals surface area (Å²) in [5.41, 5.74) is 1.20. The highest BCUT2D eigenvalue weighted by molar-refractivity contribution is 8.93. The first-order chi connectivity index (χ1) is 8.42. The number of fused-ring (bicyclic) bond motifs is 1. The van der Waals surface area contributed by atoms with E-state index in [1.807, 2.05) is 6.20 Å². The molecule has 1 N–H and O–H groups in total. The standard InChI is InChI=1S/C15H19NO.BrH/c17-12-6-2-1-3-9-15-14-8-5-4-7-13(14)10-11-16-15;/h4-5,7-8,10-11,17H,1-3,6,9,12H2;1H. The average Bonchev–Trinajstić information content (AvgIpc) is 2.39. The van der Waals surface area contributed by atoms with Gasteiger partial charge in [0.1, 0.15) is 0 Å². The van der Waals surface area contributed by atoms with Gasteiger partial charge in [-0.2, -0.15) is 0 Å². The summed E-state index contributed by atoms with van der Waals surface area (Å²) in [6.45, 7) is 0.312. The van der Waals surface area contributed by atoms with Gasteiger partial charge in [-0.1, -0.05) is 37.1 Å². The minimum atomic E-state index is 0. The molecule has 2 aromatic rings. The van der Waals surface area contributed by atoms with Crippen molar-refractivity contribution >= 4 is 27.8 Å². The summed E-state index contributed by atoms with van der Waals surface area (Å²) in [5.74, 6) is 0. The predicted molar refractivity (Wildman–Crippen MR) is 81.3 cm³/mol. The van der Waals surface area contributed by atoms with Crippen LogP contribution in [0.1, 0.15) is 31.4 Å². The van der Waals surface area contributed by atoms with Crippen molar-refractivity contribution in [1.82, 2.24) is 4.98 Å². The van der Waals surface area contributed by atoms with Crippen LogP contribution < -0.4 is 0 Å². The molecule has 0 aliphatic rings. The van der Waals surface area contributed by atoms with Gasteiger partial charge in [-0.15, -0.1) is 17.0 Å². The van der Waals surface area contributed by atoms with Crippen molar-refractivity contribution in [3.63, 3.8) is 0 Å². The second-order valence-electron chi connectivity index (χ2n) is 4.37. The van der Waals surface area contributed by atoms with Crippen molar-refractivity contribution in [2.45, 2.75) is 32.1 Å². The Hall–Kier alpha value is -0.930. The van der Waals surface area contributed by atoms with E-state index < -0.39 is 0 Å². The number of nitrogens with zero attached hydrogens (tertiary/aromatic N) is 1. The molecule has 18 heavy (non-hydrogen) atoms. The van der Waals surface area contributed by atoms with Crippen molar-refractivity contribution in [1.29, 1.82) is 0 Å². The van der Waals surface area contributed by atoms with Gasteiger partial charge in [0.15, 0.2) is 0 Å². The SMILES string of the molecule is Br.OCCCCCCc1nccc2ccccc12. The van der Waals surface area contributed by atoms with E-state index in [2.05, 4.69) is 35.3 Å². The lowest BCUT2D eigenvalue weighted by molar-refractivity contribution is 0.282. The molecule has 1 heterocycles. The largest absolute Gasteiger partial charge is 0.396 e. The second kappa shape index (κ2) is 8.22. The fourth-order valence-corrected chi connectivity index (χ4v) is 2.14. The fourth-order valence-electron chi connectivity index (χ4n) is 2.14. The van der Waals surface area contributed by atoms with Gasteiger partial charge in [0, 0.05) is 23.9 Å². The molecule has 0 atom stereocenters. The Labute approximate surface area is 119 Å². The van der Waals surface area contributed by atoms with Crippen molar-refractivity contribution in [3.8, 4) is 0 Å². The third kappa shape index (κ3) is 4.07. The fraction of sp³-hybridized carbons (Fsp3) is 0.400. The summed E-state index contributed by atoms with van der Waals surface area (Å²) >= 11 is 0. The Bertz CT molecular complexity index is 468. The van der Waals surface area contributed by atoms with E-state index in [9.17, 15) is 0 Å². The normalized spacial score (nSPS) is 10.3. The van der Waals surface area contributed by atoms with Crippen LogP contribution in [0, 0.1) is 0 Å². The lowest BCUT2D eigenvalue weighted by Crippen LogP contribution is -1.92. The van der Waals surface area contributed by atoms with Gasteiger partial charge < -0.3 is 5.11 Å². The topological polar surface area (TPSA) is 33.1 Å². The molecule has 0 saturated carbocycles. The molecular weight excluding hydrogens is 290 g/mol. The molecule has 2 rings (SSSR count). The van der Waals surface area contributed by atoms with Crippen LogP contribution in [0.2, 0.25) is 0 Å². The number of pyridine rings is 1. The van der Waals surface area contributed by atoms with E-state index >= 15 is 0 Å². The third-order valence-corrected chi connectivity index (χ3v) is 3.08. The van der Waals surface area contributed by atoms with E-state index in [4.69, 9.17) is 5.11 Å². The number of rotatable bonds is 6. The minimum Gasteiger partial charge on any atom is -0.396 e. The Balaban J connectivity index is 0.00000162. The summed E-state index contributed by atoms with van der Waals surface area (Å²) in [4.78, 5) is 4.48. The van der Waals surface area contributed by atoms with Crippen LogP contribution in [0.25, 0.3) is 10.8 Å². The van der Waals surface area contributed by atoms with Gasteiger partial charge in [0.25, 0.3) is 0 Å². The number of hydrogen-bond donors (Lipinski definition) is 1. The molecule has 0 spiro atoms. The van der Waals surface area contributed by atoms with Crippen LogP contribution in [0.15, 0.2) is 36.5 Å². The zero-order valence-electron chi connectivity index (χ0n) is 10.5. The Kier molecular flexibility index (Phi) is 6.91. The number of halogens is 1. The van der Waals surface area contributed by atoms with Gasteiger partial charge in [0.05, 0.1) is 0 Å². The number of benzene rings is 1. The zero-order valence-corrected chi connectivity index (χ0v) is 12.2. The first-order valence-electron chi connectivity index (χ1n) is 6.35. The molecule has 1 aromatic carbocycles. The number of aromatic nitrogens is 1. The van der Waals surface area contributed by atoms with Crippen LogP contribution >= 0.6 is 17.0 Å². The van der Waals surface area contributed by atoms with Gasteiger partial charge in [-0.05, 0) is 30.7 Å². The highest BCUT2D eigenvalue weighted by atomic mass is 79.9. The van der Waals surface area contributed by atoms with Crippen LogP contribution in [0.3, 0.4) is 0 Å². The summed E-state index contributed by atoms with van der Waals surface area (Å²) in [5, 5.41) is 11.3. The Morgan fingerprint density at radius 2 is 1.72 bits per heavy atom. The van der Waals surface area contributed by atoms with Gasteiger partial charge in [-0.3, -0.25) is 4.98 Å². The van der Waals surface area contributed by atoms with Gasteiger partial charge >= 0.3 is 0 Å². The van der Waals surface area contributed by atoms with E-state index in [1.54, 1.807) is 0 Å². The van der Waals surface area contributed by atoms with Crippen LogP contribution in [0.4, 0.5) is 0 Å². The van der Waals surface area contributed by atoms with E-state index in [0.29, 0.717) is 6.61 Å². The minimum absolute atomic E-state index is 0. The molecule has 0 unspecified atom stereocenters. The summed E-state index contributed by atoms with van der Waals surface area (Å²) in [6, 6.07) is 10.5. The van der Waals surface area contributed by atoms with E-state index in [-0.39, 0.29) is 17.0 Å². The molecule has 2 nitrogen and oxygen atoms in total. The van der Waals surface area contributed by atoms with Crippen LogP contribution in [-0.2, 0) is 6.42 Å². The van der Waals surface area contributed by atoms with Crippen LogP contribution in [-0.4, -0.2) is 16.7 Å². The highest BCUT2D eigenvalue weighted by Crippen LogP contribution is 2.18. The Morgan fingerprint density at radius 3 is 2.56 bits per heavy atom. The van der Waals surface area contributed by atoms with Crippen LogP contribution in [0.5, 0.6) is 0 Å². The number of aliphatic hydroxyl groups is 1. The predicted octanol–water partition coefficient (Wildman–Crippen LogP) is 3.91. The molecule has 0 fully saturated rings. The molecule has 1 aromatic heterocycles. The molecule has 0 amide bonds. The smallest absolute Gasteiger partial charge is 0.0481 e. The molecule has 0 aliphatic carbocycles. The molecule has 0 radical (unpaired) electrons. The van der Waals surface area contributed by atoms with Crippen molar-refractivity contribution in [3.05, 3.63) is 42.2 Å². The zero-order chi connectivity index (χ0) is 11.9. The summed E-state index contributed by atoms with van der Waals surface area (Å²) < 4.78 is 0. The third-order valence-electron chi connectivity index (χ3n) is 3.08. The van der Waals surface area contributed by atoms with Gasteiger partial charge in [-0.25, -0.2) is 0 Å². The molecule has 0 bridgehead atoms. The lowest BCUT2D eigenvalue weighted by atomic mass is 10.0. The van der Waals surface area contributed by atoms with E-state index in [1.165, 1.54) is 22.9 Å². The first kappa shape index (κ1) is 15.1. The maximum Gasteiger partial charge on any atom is 0.0481 e. The molecule has 0 saturated heterocycles. The summed E-state index contributed by atoms with van der Waals surface area (Å²) in [7, 11) is 0. The second-order valence-corrected chi connectivity index (χ2v) is 4.37. The lowest BCUT2D eigenvalue weighted by Gasteiger charge is -2.05. The number of aryl methyl sites for hydroxylation is 1. The number of hydrogen-bond acceptors (Lipinski definition) is 2. The van der Waals surface area contributed by atoms with Crippen molar-refractivity contribution in [2.24, 2.45) is 0 Å². The molecule has 98 valence electrons. The van der Waals surface area contributed by atoms with Crippen molar-refractivity contribution < 1.29 is 5.11 Å². The van der Waals surface area contributed by atoms with Crippen molar-refractivity contribution in [2.75, 3.05) is 6.61 Å². The highest BCUT2D eigenvalue weighted by Gasteiger charge is 2.01. The monoisotopic (exact) mass is 309 g/mol. The Morgan fingerprint density at radius 1 is 0.944 bits per heavy atom. The summed E-state index contributed by atoms with van der Waals surface area (Å²) in [6.07, 6.45) is 7.29. The van der Waals surface area contributed by atoms with E-state index in [0.717, 1.165) is 25.7 Å². The maximum atomic E-state index is 8.71. The quantitative estimate of drug-likeness (QED) is 0.821. The number of aliphatic hydroxyl groups excluding tert-OH is 1. The number of unbranched alkanes of at least 4 members (excludes halogenated alkanes) is 3. The maximum absolute atomic E-state index is 8.71. The molecular formula is C15H20BrNO. The molecule has 3 heteroatoms. The average molecular weight is 310 g/mol. The first-order valence-corrected chi connectivity index (χ1v) is 6.35. The molecule has 0 aliphatic heterocycles.